The molecule has 2 aromatic rings. The molecule has 1 saturated heterocycles. The number of benzene rings is 1. The number of hydrogen-bond donors (Lipinski definition) is 1. The number of halogens is 1. The lowest BCUT2D eigenvalue weighted by Crippen LogP contribution is -2.40. The van der Waals surface area contributed by atoms with E-state index in [9.17, 15) is 10.1 Å². The molecule has 5 rings (SSSR count). The van der Waals surface area contributed by atoms with E-state index in [0.717, 1.165) is 54.7 Å². The predicted molar refractivity (Wildman–Crippen MR) is 106 cm³/mol. The van der Waals surface area contributed by atoms with Crippen LogP contribution in [0.2, 0.25) is 5.02 Å². The number of aromatic nitrogens is 2. The highest BCUT2D eigenvalue weighted by molar-refractivity contribution is 6.30. The Morgan fingerprint density at radius 2 is 2.17 bits per heavy atom. The smallest absolute Gasteiger partial charge is 0.307 e. The molecule has 0 radical (unpaired) electrons. The fourth-order valence-electron chi connectivity index (χ4n) is 4.54. The topological polar surface area (TPSA) is 91.1 Å². The molecule has 29 heavy (non-hydrogen) atoms. The van der Waals surface area contributed by atoms with E-state index < -0.39 is 0 Å². The molecule has 0 saturated carbocycles. The summed E-state index contributed by atoms with van der Waals surface area (Å²) >= 11 is 6.13. The summed E-state index contributed by atoms with van der Waals surface area (Å²) in [4.78, 5) is 22.9. The molecule has 0 bridgehead atoms. The first kappa shape index (κ1) is 18.3. The van der Waals surface area contributed by atoms with Crippen molar-refractivity contribution in [2.45, 2.75) is 44.3 Å². The maximum atomic E-state index is 11.4. The second-order valence-electron chi connectivity index (χ2n) is 7.88. The van der Waals surface area contributed by atoms with Crippen LogP contribution < -0.4 is 5.32 Å². The van der Waals surface area contributed by atoms with Crippen molar-refractivity contribution in [2.24, 2.45) is 0 Å². The molecule has 148 valence electrons. The second-order valence-corrected chi connectivity index (χ2v) is 8.32. The van der Waals surface area contributed by atoms with Crippen molar-refractivity contribution in [1.29, 1.82) is 5.26 Å². The minimum absolute atomic E-state index is 0.116. The Balaban J connectivity index is 1.27. The molecule has 3 aliphatic rings. The van der Waals surface area contributed by atoms with E-state index in [1.54, 1.807) is 6.07 Å². The summed E-state index contributed by atoms with van der Waals surface area (Å²) in [7, 11) is 0. The van der Waals surface area contributed by atoms with Crippen molar-refractivity contribution < 1.29 is 9.53 Å². The van der Waals surface area contributed by atoms with Crippen LogP contribution in [0.4, 0.5) is 5.95 Å². The van der Waals surface area contributed by atoms with Crippen LogP contribution in [0, 0.1) is 11.3 Å². The van der Waals surface area contributed by atoms with Crippen molar-refractivity contribution >= 4 is 23.5 Å². The monoisotopic (exact) mass is 409 g/mol. The Labute approximate surface area is 173 Å². The van der Waals surface area contributed by atoms with Gasteiger partial charge >= 0.3 is 5.97 Å². The number of rotatable bonds is 3. The third-order valence-electron chi connectivity index (χ3n) is 6.00. The highest BCUT2D eigenvalue weighted by Gasteiger charge is 2.32. The van der Waals surface area contributed by atoms with Gasteiger partial charge in [-0.3, -0.25) is 9.69 Å². The number of hydrogen-bond acceptors (Lipinski definition) is 7. The van der Waals surface area contributed by atoms with E-state index in [1.165, 1.54) is 0 Å². The first-order valence-corrected chi connectivity index (χ1v) is 10.2. The number of fused-ring (bicyclic) bond motifs is 2. The first-order chi connectivity index (χ1) is 14.1. The lowest BCUT2D eigenvalue weighted by molar-refractivity contribution is -0.137. The van der Waals surface area contributed by atoms with Crippen LogP contribution in [0.5, 0.6) is 0 Å². The lowest BCUT2D eigenvalue weighted by atomic mass is 10.0. The molecule has 8 heteroatoms. The SMILES string of the molecule is N#Cc1cc(Cl)cc2c1C[C@H](Nc1ncc3c(n1)CCN(C1COC(=O)C1)C3)C2. The van der Waals surface area contributed by atoms with Crippen LogP contribution in [-0.2, 0) is 35.3 Å². The molecule has 1 fully saturated rings. The zero-order chi connectivity index (χ0) is 20.0. The third kappa shape index (κ3) is 3.54. The Hall–Kier alpha value is -2.69. The van der Waals surface area contributed by atoms with Crippen LogP contribution >= 0.6 is 11.6 Å². The van der Waals surface area contributed by atoms with Crippen LogP contribution in [0.25, 0.3) is 0 Å². The number of carbonyl (C=O) groups is 1. The summed E-state index contributed by atoms with van der Waals surface area (Å²) in [6.45, 7) is 2.09. The number of carbonyl (C=O) groups excluding carboxylic acids is 1. The second kappa shape index (κ2) is 7.29. The van der Waals surface area contributed by atoms with Crippen molar-refractivity contribution in [3.8, 4) is 6.07 Å². The minimum Gasteiger partial charge on any atom is -0.464 e. The Morgan fingerprint density at radius 3 is 2.97 bits per heavy atom. The third-order valence-corrected chi connectivity index (χ3v) is 6.21. The largest absolute Gasteiger partial charge is 0.464 e. The molecule has 1 aliphatic carbocycles. The van der Waals surface area contributed by atoms with Gasteiger partial charge in [0, 0.05) is 42.3 Å². The summed E-state index contributed by atoms with van der Waals surface area (Å²) in [5, 5.41) is 13.4. The molecular formula is C21H20ClN5O2. The zero-order valence-electron chi connectivity index (χ0n) is 15.8. The van der Waals surface area contributed by atoms with Gasteiger partial charge in [0.25, 0.3) is 0 Å². The van der Waals surface area contributed by atoms with Crippen molar-refractivity contribution in [1.82, 2.24) is 14.9 Å². The Morgan fingerprint density at radius 1 is 1.28 bits per heavy atom. The van der Waals surface area contributed by atoms with Gasteiger partial charge in [-0.1, -0.05) is 11.6 Å². The average molecular weight is 410 g/mol. The van der Waals surface area contributed by atoms with E-state index in [1.807, 2.05) is 12.3 Å². The van der Waals surface area contributed by atoms with Gasteiger partial charge in [-0.2, -0.15) is 5.26 Å². The lowest BCUT2D eigenvalue weighted by Gasteiger charge is -2.31. The molecule has 1 aromatic carbocycles. The molecule has 1 unspecified atom stereocenters. The molecule has 7 nitrogen and oxygen atoms in total. The molecule has 2 aliphatic heterocycles. The van der Waals surface area contributed by atoms with Gasteiger partial charge in [-0.25, -0.2) is 9.97 Å². The van der Waals surface area contributed by atoms with E-state index >= 15 is 0 Å². The Kier molecular flexibility index (Phi) is 4.61. The van der Waals surface area contributed by atoms with Crippen molar-refractivity contribution in [2.75, 3.05) is 18.5 Å². The predicted octanol–water partition coefficient (Wildman–Crippen LogP) is 2.25. The Bertz CT molecular complexity index is 1030. The molecule has 3 heterocycles. The number of cyclic esters (lactones) is 1. The van der Waals surface area contributed by atoms with Crippen LogP contribution in [0.1, 0.15) is 34.4 Å². The van der Waals surface area contributed by atoms with Gasteiger partial charge in [0.2, 0.25) is 5.95 Å². The summed E-state index contributed by atoms with van der Waals surface area (Å²) in [6.07, 6.45) is 4.74. The molecule has 1 N–H and O–H groups in total. The van der Waals surface area contributed by atoms with Crippen LogP contribution in [-0.4, -0.2) is 46.1 Å². The fourth-order valence-corrected chi connectivity index (χ4v) is 4.78. The van der Waals surface area contributed by atoms with E-state index in [-0.39, 0.29) is 18.1 Å². The van der Waals surface area contributed by atoms with E-state index in [4.69, 9.17) is 21.3 Å². The quantitative estimate of drug-likeness (QED) is 0.777. The minimum atomic E-state index is -0.116. The molecule has 2 atom stereocenters. The summed E-state index contributed by atoms with van der Waals surface area (Å²) in [6, 6.07) is 6.23. The number of nitriles is 1. The molecule has 0 spiro atoms. The van der Waals surface area contributed by atoms with Crippen molar-refractivity contribution in [3.63, 3.8) is 0 Å². The standard InChI is InChI=1S/C21H20ClN5O2/c22-15-3-12-5-16(6-18(12)13(4-15)8-23)25-21-24-9-14-10-27(2-1-19(14)26-21)17-7-20(28)29-11-17/h3-4,9,16-17H,1-2,5-7,10-11H2,(H,24,25,26)/t16-,17?/m1/s1. The number of nitrogens with one attached hydrogen (secondary N) is 1. The van der Waals surface area contributed by atoms with Gasteiger partial charge in [0.05, 0.1) is 29.8 Å². The highest BCUT2D eigenvalue weighted by Crippen LogP contribution is 2.30. The summed E-state index contributed by atoms with van der Waals surface area (Å²) < 4.78 is 5.10. The molecule has 1 aromatic heterocycles. The average Bonchev–Trinajstić information content (AvgIpc) is 3.32. The van der Waals surface area contributed by atoms with Gasteiger partial charge in [-0.15, -0.1) is 0 Å². The van der Waals surface area contributed by atoms with E-state index in [2.05, 4.69) is 21.3 Å². The number of nitrogens with zero attached hydrogens (tertiary/aromatic N) is 4. The first-order valence-electron chi connectivity index (χ1n) is 9.81. The summed E-state index contributed by atoms with van der Waals surface area (Å²) in [5.74, 6) is 0.508. The highest BCUT2D eigenvalue weighted by atomic mass is 35.5. The number of ether oxygens (including phenoxy) is 1. The molecular weight excluding hydrogens is 390 g/mol. The normalized spacial score (nSPS) is 23.2. The maximum absolute atomic E-state index is 11.4. The van der Waals surface area contributed by atoms with E-state index in [0.29, 0.717) is 29.6 Å². The fraction of sp³-hybridized carbons (Fsp3) is 0.429. The van der Waals surface area contributed by atoms with Gasteiger partial charge in [-0.05, 0) is 36.1 Å². The molecule has 0 amide bonds. The van der Waals surface area contributed by atoms with Gasteiger partial charge < -0.3 is 10.1 Å². The van der Waals surface area contributed by atoms with Gasteiger partial charge in [0.15, 0.2) is 0 Å². The summed E-state index contributed by atoms with van der Waals surface area (Å²) in [5.41, 5.74) is 5.00. The van der Waals surface area contributed by atoms with Crippen LogP contribution in [0.3, 0.4) is 0 Å². The number of anilines is 1. The van der Waals surface area contributed by atoms with Crippen LogP contribution in [0.15, 0.2) is 18.3 Å². The maximum Gasteiger partial charge on any atom is 0.307 e. The zero-order valence-corrected chi connectivity index (χ0v) is 16.6. The number of esters is 1. The van der Waals surface area contributed by atoms with Crippen molar-refractivity contribution in [3.05, 3.63) is 51.3 Å². The van der Waals surface area contributed by atoms with Gasteiger partial charge in [0.1, 0.15) is 6.61 Å².